The lowest BCUT2D eigenvalue weighted by Crippen LogP contribution is -2.21. The maximum atomic E-state index is 11.9. The molecular formula is C21H22N2O5. The Labute approximate surface area is 163 Å². The van der Waals surface area contributed by atoms with Crippen molar-refractivity contribution in [3.8, 4) is 17.6 Å². The van der Waals surface area contributed by atoms with Gasteiger partial charge in [-0.15, -0.1) is 0 Å². The van der Waals surface area contributed by atoms with E-state index in [9.17, 15) is 9.59 Å². The van der Waals surface area contributed by atoms with Gasteiger partial charge in [0.2, 0.25) is 0 Å². The van der Waals surface area contributed by atoms with Gasteiger partial charge >= 0.3 is 5.97 Å². The molecule has 0 bridgehead atoms. The normalized spacial score (nSPS) is 9.86. The molecule has 7 nitrogen and oxygen atoms in total. The summed E-state index contributed by atoms with van der Waals surface area (Å²) in [6.07, 6.45) is 0.319. The van der Waals surface area contributed by atoms with Gasteiger partial charge in [0.1, 0.15) is 0 Å². The molecule has 0 fully saturated rings. The molecule has 7 heteroatoms. The van der Waals surface area contributed by atoms with Gasteiger partial charge in [0, 0.05) is 5.69 Å². The second-order valence-electron chi connectivity index (χ2n) is 5.72. The van der Waals surface area contributed by atoms with Crippen molar-refractivity contribution in [1.82, 2.24) is 0 Å². The zero-order valence-corrected chi connectivity index (χ0v) is 15.6. The highest BCUT2D eigenvalue weighted by molar-refractivity contribution is 5.92. The molecule has 0 saturated heterocycles. The number of hydrogen-bond acceptors (Lipinski definition) is 6. The molecule has 28 heavy (non-hydrogen) atoms. The molecule has 0 aromatic heterocycles. The maximum Gasteiger partial charge on any atom is 0.309 e. The van der Waals surface area contributed by atoms with Crippen LogP contribution in [-0.4, -0.2) is 31.7 Å². The van der Waals surface area contributed by atoms with Crippen LogP contribution in [0, 0.1) is 11.3 Å². The highest BCUT2D eigenvalue weighted by Gasteiger charge is 2.10. The molecule has 0 aliphatic rings. The molecule has 1 N–H and O–H groups in total. The number of esters is 1. The number of nitrogens with zero attached hydrogens (tertiary/aromatic N) is 1. The summed E-state index contributed by atoms with van der Waals surface area (Å²) in [5.74, 6) is 0.186. The van der Waals surface area contributed by atoms with Crippen LogP contribution in [0.15, 0.2) is 48.5 Å². The predicted octanol–water partition coefficient (Wildman–Crippen LogP) is 3.10. The third-order valence-electron chi connectivity index (χ3n) is 3.60. The monoisotopic (exact) mass is 382 g/mol. The van der Waals surface area contributed by atoms with Crippen LogP contribution in [0.4, 0.5) is 5.69 Å². The highest BCUT2D eigenvalue weighted by Crippen LogP contribution is 2.26. The molecule has 2 aromatic carbocycles. The number of nitrogens with one attached hydrogen (secondary N) is 1. The van der Waals surface area contributed by atoms with E-state index in [2.05, 4.69) is 11.4 Å². The lowest BCUT2D eigenvalue weighted by Gasteiger charge is -2.11. The van der Waals surface area contributed by atoms with Gasteiger partial charge in [-0.1, -0.05) is 24.3 Å². The predicted molar refractivity (Wildman–Crippen MR) is 103 cm³/mol. The quantitative estimate of drug-likeness (QED) is 0.634. The lowest BCUT2D eigenvalue weighted by molar-refractivity contribution is -0.147. The van der Waals surface area contributed by atoms with E-state index < -0.39 is 11.9 Å². The summed E-state index contributed by atoms with van der Waals surface area (Å²) in [6.45, 7) is 2.12. The van der Waals surface area contributed by atoms with Crippen LogP contribution >= 0.6 is 0 Å². The first-order valence-corrected chi connectivity index (χ1v) is 8.88. The first kappa shape index (κ1) is 20.8. The molecule has 1 amide bonds. The molecule has 0 heterocycles. The minimum absolute atomic E-state index is 0.0105. The molecule has 0 aliphatic carbocycles. The zero-order valence-electron chi connectivity index (χ0n) is 15.6. The van der Waals surface area contributed by atoms with Crippen LogP contribution in [0.25, 0.3) is 0 Å². The van der Waals surface area contributed by atoms with Crippen molar-refractivity contribution in [3.63, 3.8) is 0 Å². The van der Waals surface area contributed by atoms with Gasteiger partial charge < -0.3 is 19.5 Å². The Morgan fingerprint density at radius 1 is 1.04 bits per heavy atom. The molecule has 146 valence electrons. The second-order valence-corrected chi connectivity index (χ2v) is 5.72. The summed E-state index contributed by atoms with van der Waals surface area (Å²) in [5.41, 5.74) is 1.43. The molecule has 0 radical (unpaired) electrons. The van der Waals surface area contributed by atoms with Crippen molar-refractivity contribution < 1.29 is 23.8 Å². The van der Waals surface area contributed by atoms with Gasteiger partial charge in [-0.3, -0.25) is 9.59 Å². The van der Waals surface area contributed by atoms with Crippen LogP contribution in [0.5, 0.6) is 11.5 Å². The average Bonchev–Trinajstić information content (AvgIpc) is 2.70. The number of amides is 1. The van der Waals surface area contributed by atoms with Crippen LogP contribution in [0.2, 0.25) is 0 Å². The molecule has 0 saturated carbocycles. The Kier molecular flexibility index (Phi) is 8.34. The number of hydrogen-bond donors (Lipinski definition) is 1. The van der Waals surface area contributed by atoms with Crippen LogP contribution in [-0.2, 0) is 20.7 Å². The van der Waals surface area contributed by atoms with Gasteiger partial charge in [-0.2, -0.15) is 5.26 Å². The third kappa shape index (κ3) is 7.00. The standard InChI is InChI=1S/C21H22N2O5/c1-2-26-18-5-3-4-6-19(18)27-14-12-21(25)28-15-20(24)23-17-9-7-16(8-10-17)11-13-22/h3-10H,2,11-12,14-15H2,1H3,(H,23,24). The lowest BCUT2D eigenvalue weighted by atomic mass is 10.1. The molecule has 0 unspecified atom stereocenters. The fourth-order valence-corrected chi connectivity index (χ4v) is 2.30. The largest absolute Gasteiger partial charge is 0.490 e. The van der Waals surface area contributed by atoms with E-state index >= 15 is 0 Å². The van der Waals surface area contributed by atoms with E-state index in [1.165, 1.54) is 0 Å². The first-order chi connectivity index (χ1) is 13.6. The SMILES string of the molecule is CCOc1ccccc1OCCC(=O)OCC(=O)Nc1ccc(CC#N)cc1. The van der Waals surface area contributed by atoms with E-state index in [-0.39, 0.29) is 19.6 Å². The first-order valence-electron chi connectivity index (χ1n) is 8.88. The maximum absolute atomic E-state index is 11.9. The minimum atomic E-state index is -0.534. The Hall–Kier alpha value is -3.53. The molecular weight excluding hydrogens is 360 g/mol. The van der Waals surface area contributed by atoms with Crippen molar-refractivity contribution in [2.24, 2.45) is 0 Å². The van der Waals surface area contributed by atoms with Crippen molar-refractivity contribution in [2.45, 2.75) is 19.8 Å². The summed E-state index contributed by atoms with van der Waals surface area (Å²) < 4.78 is 15.9. The summed E-state index contributed by atoms with van der Waals surface area (Å²) in [6, 6.07) is 16.1. The number of para-hydroxylation sites is 2. The highest BCUT2D eigenvalue weighted by atomic mass is 16.5. The summed E-state index contributed by atoms with van der Waals surface area (Å²) in [7, 11) is 0. The van der Waals surface area contributed by atoms with E-state index in [4.69, 9.17) is 19.5 Å². The Balaban J connectivity index is 1.69. The average molecular weight is 382 g/mol. The van der Waals surface area contributed by atoms with Gasteiger partial charge in [-0.25, -0.2) is 0 Å². The Morgan fingerprint density at radius 2 is 1.71 bits per heavy atom. The number of carbonyl (C=O) groups excluding carboxylic acids is 2. The van der Waals surface area contributed by atoms with Crippen LogP contribution < -0.4 is 14.8 Å². The third-order valence-corrected chi connectivity index (χ3v) is 3.60. The van der Waals surface area contributed by atoms with E-state index in [1.54, 1.807) is 36.4 Å². The fourth-order valence-electron chi connectivity index (χ4n) is 2.30. The number of benzene rings is 2. The van der Waals surface area contributed by atoms with Crippen LogP contribution in [0.3, 0.4) is 0 Å². The summed E-state index contributed by atoms with van der Waals surface area (Å²) in [5, 5.41) is 11.3. The Bertz CT molecular complexity index is 827. The second kappa shape index (κ2) is 11.2. The Morgan fingerprint density at radius 3 is 2.36 bits per heavy atom. The number of nitriles is 1. The number of carbonyl (C=O) groups is 2. The van der Waals surface area contributed by atoms with Crippen molar-refractivity contribution >= 4 is 17.6 Å². The van der Waals surface area contributed by atoms with Crippen molar-refractivity contribution in [2.75, 3.05) is 25.1 Å². The van der Waals surface area contributed by atoms with Crippen molar-refractivity contribution in [1.29, 1.82) is 5.26 Å². The molecule has 0 aliphatic heterocycles. The number of ether oxygens (including phenoxy) is 3. The molecule has 0 spiro atoms. The van der Waals surface area contributed by atoms with Gasteiger partial charge in [0.15, 0.2) is 18.1 Å². The van der Waals surface area contributed by atoms with Crippen LogP contribution in [0.1, 0.15) is 18.9 Å². The van der Waals surface area contributed by atoms with Gasteiger partial charge in [-0.05, 0) is 36.8 Å². The van der Waals surface area contributed by atoms with Gasteiger partial charge in [0.05, 0.1) is 32.1 Å². The topological polar surface area (TPSA) is 97.7 Å². The van der Waals surface area contributed by atoms with Crippen molar-refractivity contribution in [3.05, 3.63) is 54.1 Å². The van der Waals surface area contributed by atoms with E-state index in [0.29, 0.717) is 30.2 Å². The van der Waals surface area contributed by atoms with E-state index in [1.807, 2.05) is 19.1 Å². The zero-order chi connectivity index (χ0) is 20.2. The molecule has 2 rings (SSSR count). The fraction of sp³-hybridized carbons (Fsp3) is 0.286. The molecule has 2 aromatic rings. The molecule has 0 atom stereocenters. The summed E-state index contributed by atoms with van der Waals surface area (Å²) >= 11 is 0. The summed E-state index contributed by atoms with van der Waals surface area (Å²) in [4.78, 5) is 23.6. The smallest absolute Gasteiger partial charge is 0.309 e. The number of rotatable bonds is 10. The number of anilines is 1. The minimum Gasteiger partial charge on any atom is -0.490 e. The van der Waals surface area contributed by atoms with E-state index in [0.717, 1.165) is 5.56 Å². The van der Waals surface area contributed by atoms with Gasteiger partial charge in [0.25, 0.3) is 5.91 Å².